The van der Waals surface area contributed by atoms with Gasteiger partial charge < -0.3 is 14.8 Å². The number of cyclic esters (lactones) is 2. The van der Waals surface area contributed by atoms with E-state index in [1.165, 1.54) is 5.56 Å². The van der Waals surface area contributed by atoms with Gasteiger partial charge in [-0.3, -0.25) is 9.59 Å². The number of carbonyl (C=O) groups is 2. The Kier molecular flexibility index (Phi) is 2.63. The Morgan fingerprint density at radius 2 is 1.86 bits per heavy atom. The Morgan fingerprint density at radius 3 is 2.59 bits per heavy atom. The van der Waals surface area contributed by atoms with Crippen LogP contribution in [0, 0.1) is 11.3 Å². The highest BCUT2D eigenvalue weighted by Gasteiger charge is 2.71. The topological polar surface area (TPSA) is 64.6 Å². The van der Waals surface area contributed by atoms with E-state index in [1.807, 2.05) is 12.1 Å². The van der Waals surface area contributed by atoms with Crippen LogP contribution in [0.4, 0.5) is 5.69 Å². The number of benzene rings is 1. The molecule has 5 heteroatoms. The van der Waals surface area contributed by atoms with Gasteiger partial charge in [-0.1, -0.05) is 18.2 Å². The van der Waals surface area contributed by atoms with Crippen LogP contribution in [0.5, 0.6) is 0 Å². The van der Waals surface area contributed by atoms with E-state index in [4.69, 9.17) is 9.47 Å². The van der Waals surface area contributed by atoms with Crippen molar-refractivity contribution in [1.29, 1.82) is 0 Å². The summed E-state index contributed by atoms with van der Waals surface area (Å²) in [5.74, 6) is -1.64. The van der Waals surface area contributed by atoms with Crippen molar-refractivity contribution in [1.82, 2.24) is 0 Å². The summed E-state index contributed by atoms with van der Waals surface area (Å²) in [5.41, 5.74) is 1.37. The van der Waals surface area contributed by atoms with Crippen molar-refractivity contribution in [3.63, 3.8) is 0 Å². The van der Waals surface area contributed by atoms with Crippen LogP contribution in [-0.4, -0.2) is 24.3 Å². The lowest BCUT2D eigenvalue weighted by Gasteiger charge is -2.33. The van der Waals surface area contributed by atoms with Gasteiger partial charge in [0.15, 0.2) is 5.41 Å². The van der Waals surface area contributed by atoms with Crippen molar-refractivity contribution in [3.05, 3.63) is 29.8 Å². The molecule has 0 amide bonds. The molecule has 1 spiro atoms. The number of nitrogens with one attached hydrogen (secondary N) is 1. The fourth-order valence-corrected chi connectivity index (χ4v) is 3.76. The van der Waals surface area contributed by atoms with Gasteiger partial charge in [-0.2, -0.15) is 0 Å². The van der Waals surface area contributed by atoms with E-state index in [0.29, 0.717) is 12.3 Å². The van der Waals surface area contributed by atoms with E-state index < -0.39 is 23.1 Å². The predicted octanol–water partition coefficient (Wildman–Crippen LogP) is 2.43. The van der Waals surface area contributed by atoms with Crippen molar-refractivity contribution < 1.29 is 19.1 Å². The van der Waals surface area contributed by atoms with Gasteiger partial charge in [0.2, 0.25) is 0 Å². The van der Waals surface area contributed by atoms with Gasteiger partial charge in [0.1, 0.15) is 0 Å². The first-order valence-electron chi connectivity index (χ1n) is 7.72. The Hall–Kier alpha value is -2.04. The minimum absolute atomic E-state index is 0.0153. The van der Waals surface area contributed by atoms with Crippen LogP contribution >= 0.6 is 0 Å². The molecule has 3 aliphatic rings. The van der Waals surface area contributed by atoms with Crippen molar-refractivity contribution in [3.8, 4) is 0 Å². The summed E-state index contributed by atoms with van der Waals surface area (Å²) in [4.78, 5) is 24.6. The predicted molar refractivity (Wildman–Crippen MR) is 79.1 cm³/mol. The lowest BCUT2D eigenvalue weighted by molar-refractivity contribution is -0.243. The van der Waals surface area contributed by atoms with Crippen LogP contribution in [0.15, 0.2) is 24.3 Å². The van der Waals surface area contributed by atoms with Gasteiger partial charge in [0.05, 0.1) is 0 Å². The van der Waals surface area contributed by atoms with E-state index in [9.17, 15) is 9.59 Å². The maximum absolute atomic E-state index is 12.3. The molecule has 0 bridgehead atoms. The molecule has 2 aliphatic heterocycles. The third kappa shape index (κ3) is 1.84. The van der Waals surface area contributed by atoms with Crippen molar-refractivity contribution in [2.24, 2.45) is 11.3 Å². The van der Waals surface area contributed by atoms with Gasteiger partial charge in [-0.25, -0.2) is 0 Å². The third-order valence-corrected chi connectivity index (χ3v) is 5.02. The maximum Gasteiger partial charge on any atom is 0.327 e. The number of anilines is 1. The minimum atomic E-state index is -1.14. The number of fused-ring (bicyclic) bond motifs is 1. The molecule has 4 rings (SSSR count). The van der Waals surface area contributed by atoms with E-state index in [-0.39, 0.29) is 5.92 Å². The molecule has 2 heterocycles. The molecular formula is C17H19NO4. The molecule has 1 N–H and O–H groups in total. The lowest BCUT2D eigenvalue weighted by atomic mass is 9.91. The van der Waals surface area contributed by atoms with Gasteiger partial charge >= 0.3 is 11.9 Å². The summed E-state index contributed by atoms with van der Waals surface area (Å²) in [7, 11) is 0. The van der Waals surface area contributed by atoms with Crippen LogP contribution in [0.2, 0.25) is 0 Å². The van der Waals surface area contributed by atoms with E-state index >= 15 is 0 Å². The third-order valence-electron chi connectivity index (χ3n) is 5.02. The van der Waals surface area contributed by atoms with Gasteiger partial charge in [0, 0.05) is 32.0 Å². The lowest BCUT2D eigenvalue weighted by Crippen LogP contribution is -2.48. The van der Waals surface area contributed by atoms with Gasteiger partial charge in [-0.15, -0.1) is 0 Å². The smallest absolute Gasteiger partial charge is 0.327 e. The van der Waals surface area contributed by atoms with Gasteiger partial charge in [0.25, 0.3) is 5.79 Å². The second-order valence-corrected chi connectivity index (χ2v) is 6.95. The molecule has 1 saturated heterocycles. The standard InChI is InChI=1S/C17H19NO4/c1-16(2)21-14(19)17(15(20)22-16)8-11(17)7-10-9-18-13-6-4-3-5-12(10)13/h3-6,10-11,18H,7-9H2,1-2H3/t10?,11-/m1/s1. The maximum atomic E-state index is 12.3. The van der Waals surface area contributed by atoms with Crippen LogP contribution in [0.3, 0.4) is 0 Å². The van der Waals surface area contributed by atoms with E-state index in [1.54, 1.807) is 13.8 Å². The Balaban J connectivity index is 1.51. The van der Waals surface area contributed by atoms with Crippen molar-refractivity contribution in [2.75, 3.05) is 11.9 Å². The molecule has 1 saturated carbocycles. The molecule has 1 unspecified atom stereocenters. The summed E-state index contributed by atoms with van der Waals surface area (Å²) in [6, 6.07) is 8.19. The highest BCUT2D eigenvalue weighted by atomic mass is 16.7. The SMILES string of the molecule is CC1(C)OC(=O)C2(C[C@H]2CC2CNc3ccccc32)C(=O)O1. The molecular weight excluding hydrogens is 282 g/mol. The van der Waals surface area contributed by atoms with Crippen LogP contribution in [0.25, 0.3) is 0 Å². The summed E-state index contributed by atoms with van der Waals surface area (Å²) in [5, 5.41) is 3.38. The van der Waals surface area contributed by atoms with Gasteiger partial charge in [-0.05, 0) is 30.4 Å². The van der Waals surface area contributed by atoms with Crippen LogP contribution in [-0.2, 0) is 19.1 Å². The highest BCUT2D eigenvalue weighted by molar-refractivity contribution is 6.05. The summed E-state index contributed by atoms with van der Waals surface area (Å²) >= 11 is 0. The van der Waals surface area contributed by atoms with E-state index in [2.05, 4.69) is 17.4 Å². The number of ether oxygens (including phenoxy) is 2. The monoisotopic (exact) mass is 301 g/mol. The first-order valence-corrected chi connectivity index (χ1v) is 7.72. The molecule has 0 radical (unpaired) electrons. The first-order chi connectivity index (χ1) is 10.4. The molecule has 2 atom stereocenters. The molecule has 1 aromatic carbocycles. The summed E-state index contributed by atoms with van der Waals surface area (Å²) in [6.07, 6.45) is 1.34. The minimum Gasteiger partial charge on any atom is -0.422 e. The Morgan fingerprint density at radius 1 is 1.18 bits per heavy atom. The molecule has 0 aromatic heterocycles. The number of rotatable bonds is 2. The molecule has 5 nitrogen and oxygen atoms in total. The molecule has 1 aromatic rings. The van der Waals surface area contributed by atoms with Crippen LogP contribution in [0.1, 0.15) is 38.2 Å². The second-order valence-electron chi connectivity index (χ2n) is 6.95. The fraction of sp³-hybridized carbons (Fsp3) is 0.529. The Bertz CT molecular complexity index is 646. The zero-order valence-electron chi connectivity index (χ0n) is 12.7. The fourth-order valence-electron chi connectivity index (χ4n) is 3.76. The Labute approximate surface area is 129 Å². The van der Waals surface area contributed by atoms with Crippen LogP contribution < -0.4 is 5.32 Å². The number of para-hydroxylation sites is 1. The summed E-state index contributed by atoms with van der Waals surface area (Å²) < 4.78 is 10.6. The molecule has 2 fully saturated rings. The number of hydrogen-bond acceptors (Lipinski definition) is 5. The van der Waals surface area contributed by atoms with Crippen molar-refractivity contribution in [2.45, 2.75) is 38.4 Å². The number of hydrogen-bond donors (Lipinski definition) is 1. The average molecular weight is 301 g/mol. The first kappa shape index (κ1) is 13.6. The largest absolute Gasteiger partial charge is 0.422 e. The highest BCUT2D eigenvalue weighted by Crippen LogP contribution is 2.61. The molecule has 22 heavy (non-hydrogen) atoms. The number of esters is 2. The zero-order chi connectivity index (χ0) is 15.5. The normalized spacial score (nSPS) is 30.3. The molecule has 116 valence electrons. The summed E-state index contributed by atoms with van der Waals surface area (Å²) in [6.45, 7) is 4.02. The van der Waals surface area contributed by atoms with E-state index in [0.717, 1.165) is 18.7 Å². The zero-order valence-corrected chi connectivity index (χ0v) is 12.7. The average Bonchev–Trinajstić information content (AvgIpc) is 3.03. The number of carbonyl (C=O) groups excluding carboxylic acids is 2. The molecule has 1 aliphatic carbocycles. The quantitative estimate of drug-likeness (QED) is 0.671. The second kappa shape index (κ2) is 4.24. The van der Waals surface area contributed by atoms with Crippen molar-refractivity contribution >= 4 is 17.6 Å².